The van der Waals surface area contributed by atoms with Gasteiger partial charge >= 0.3 is 0 Å². The van der Waals surface area contributed by atoms with Crippen LogP contribution in [-0.4, -0.2) is 79.0 Å². The normalized spacial score (nSPS) is 11.4. The van der Waals surface area contributed by atoms with Crippen molar-refractivity contribution in [2.45, 2.75) is 12.8 Å². The highest BCUT2D eigenvalue weighted by Gasteiger charge is 2.04. The van der Waals surface area contributed by atoms with Crippen molar-refractivity contribution in [1.29, 1.82) is 0 Å². The van der Waals surface area contributed by atoms with Crippen LogP contribution in [0.3, 0.4) is 0 Å². The van der Waals surface area contributed by atoms with E-state index in [0.717, 1.165) is 52.3 Å². The minimum absolute atomic E-state index is 0.371. The summed E-state index contributed by atoms with van der Waals surface area (Å²) >= 11 is 0. The van der Waals surface area contributed by atoms with E-state index in [-0.39, 0.29) is 0 Å². The first-order chi connectivity index (χ1) is 9.35. The molecule has 0 saturated carbocycles. The van der Waals surface area contributed by atoms with Crippen LogP contribution in [0.5, 0.6) is 0 Å². The van der Waals surface area contributed by atoms with Gasteiger partial charge in [-0.2, -0.15) is 0 Å². The molecular weight excluding hydrogens is 246 g/mol. The van der Waals surface area contributed by atoms with Crippen molar-refractivity contribution in [2.75, 3.05) is 74.1 Å². The molecule has 0 fully saturated rings. The van der Waals surface area contributed by atoms with Crippen molar-refractivity contribution in [2.24, 2.45) is 0 Å². The molecule has 0 heterocycles. The van der Waals surface area contributed by atoms with Crippen molar-refractivity contribution in [3.63, 3.8) is 0 Å². The summed E-state index contributed by atoms with van der Waals surface area (Å²) in [6.45, 7) is 6.81. The third-order valence-electron chi connectivity index (χ3n) is 2.73. The summed E-state index contributed by atoms with van der Waals surface area (Å²) in [6, 6.07) is 0. The van der Waals surface area contributed by atoms with Crippen LogP contribution in [0, 0.1) is 0 Å². The van der Waals surface area contributed by atoms with Crippen molar-refractivity contribution < 1.29 is 14.2 Å². The van der Waals surface area contributed by atoms with Crippen LogP contribution in [0.1, 0.15) is 12.8 Å². The molecule has 0 aromatic rings. The molecule has 116 valence electrons. The maximum atomic E-state index is 5.35. The van der Waals surface area contributed by atoms with Gasteiger partial charge in [-0.15, -0.1) is 0 Å². The van der Waals surface area contributed by atoms with Crippen LogP contribution in [0.4, 0.5) is 0 Å². The van der Waals surface area contributed by atoms with E-state index in [1.165, 1.54) is 0 Å². The van der Waals surface area contributed by atoms with Crippen LogP contribution in [0.15, 0.2) is 0 Å². The summed E-state index contributed by atoms with van der Waals surface area (Å²) in [5.74, 6) is 0. The molecule has 0 saturated heterocycles. The van der Waals surface area contributed by atoms with Crippen LogP contribution < -0.4 is 10.6 Å². The molecule has 0 unspecified atom stereocenters. The molecular formula is C13H31N3O3. The molecule has 0 bridgehead atoms. The van der Waals surface area contributed by atoms with E-state index < -0.39 is 0 Å². The highest BCUT2D eigenvalue weighted by atomic mass is 16.7. The van der Waals surface area contributed by atoms with Crippen LogP contribution in [0.2, 0.25) is 0 Å². The topological polar surface area (TPSA) is 55.0 Å². The number of rotatable bonds is 15. The minimum Gasteiger partial charge on any atom is -0.385 e. The molecule has 0 aliphatic heterocycles. The Morgan fingerprint density at radius 2 is 1.79 bits per heavy atom. The Bertz CT molecular complexity index is 145. The van der Waals surface area contributed by atoms with Gasteiger partial charge in [-0.3, -0.25) is 4.90 Å². The predicted octanol–water partition coefficient (Wildman–Crippen LogP) is 0.102. The quantitative estimate of drug-likeness (QED) is 0.327. The van der Waals surface area contributed by atoms with E-state index in [4.69, 9.17) is 14.2 Å². The Labute approximate surface area is 117 Å². The van der Waals surface area contributed by atoms with Crippen LogP contribution >= 0.6 is 0 Å². The fourth-order valence-electron chi connectivity index (χ4n) is 1.70. The Hall–Kier alpha value is -0.240. The van der Waals surface area contributed by atoms with E-state index in [1.54, 1.807) is 14.2 Å². The van der Waals surface area contributed by atoms with Gasteiger partial charge < -0.3 is 24.8 Å². The summed E-state index contributed by atoms with van der Waals surface area (Å²) in [5, 5.41) is 6.40. The van der Waals surface area contributed by atoms with Gasteiger partial charge in [0.1, 0.15) is 6.79 Å². The van der Waals surface area contributed by atoms with Gasteiger partial charge in [-0.05, 0) is 26.4 Å². The molecule has 0 amide bonds. The maximum absolute atomic E-state index is 5.35. The summed E-state index contributed by atoms with van der Waals surface area (Å²) in [6.07, 6.45) is 2.26. The van der Waals surface area contributed by atoms with E-state index >= 15 is 0 Å². The van der Waals surface area contributed by atoms with E-state index in [1.807, 2.05) is 7.05 Å². The van der Waals surface area contributed by atoms with Crippen LogP contribution in [0.25, 0.3) is 0 Å². The highest BCUT2D eigenvalue weighted by molar-refractivity contribution is 4.60. The first-order valence-corrected chi connectivity index (χ1v) is 6.98. The number of hydrogen-bond donors (Lipinski definition) is 2. The lowest BCUT2D eigenvalue weighted by atomic mass is 10.3. The molecule has 0 aromatic heterocycles. The predicted molar refractivity (Wildman–Crippen MR) is 77.3 cm³/mol. The molecule has 0 spiro atoms. The fraction of sp³-hybridized carbons (Fsp3) is 1.00. The standard InChI is InChI=1S/C13H31N3O3/c1-14-12-15-6-8-16(7-4-5-10-17-2)9-11-19-13-18-3/h14-15H,4-13H2,1-3H3. The fourth-order valence-corrected chi connectivity index (χ4v) is 1.70. The van der Waals surface area contributed by atoms with E-state index in [0.29, 0.717) is 13.4 Å². The summed E-state index contributed by atoms with van der Waals surface area (Å²) in [4.78, 5) is 2.41. The molecule has 19 heavy (non-hydrogen) atoms. The lowest BCUT2D eigenvalue weighted by Gasteiger charge is -2.22. The molecule has 0 aliphatic carbocycles. The molecule has 0 aromatic carbocycles. The first kappa shape index (κ1) is 18.8. The van der Waals surface area contributed by atoms with E-state index in [9.17, 15) is 0 Å². The Kier molecular flexibility index (Phi) is 15.6. The zero-order valence-electron chi connectivity index (χ0n) is 12.7. The molecule has 0 radical (unpaired) electrons. The number of hydrogen-bond acceptors (Lipinski definition) is 6. The van der Waals surface area contributed by atoms with Gasteiger partial charge in [0.25, 0.3) is 0 Å². The zero-order valence-corrected chi connectivity index (χ0v) is 12.7. The number of nitrogens with zero attached hydrogens (tertiary/aromatic N) is 1. The van der Waals surface area contributed by atoms with Gasteiger partial charge in [-0.25, -0.2) is 0 Å². The van der Waals surface area contributed by atoms with Gasteiger partial charge in [0.15, 0.2) is 0 Å². The zero-order chi connectivity index (χ0) is 14.2. The highest BCUT2D eigenvalue weighted by Crippen LogP contribution is 1.96. The summed E-state index contributed by atoms with van der Waals surface area (Å²) in [5.41, 5.74) is 0. The molecule has 2 N–H and O–H groups in total. The average Bonchev–Trinajstić information content (AvgIpc) is 2.43. The number of ether oxygens (including phenoxy) is 3. The largest absolute Gasteiger partial charge is 0.385 e. The van der Waals surface area contributed by atoms with Crippen molar-refractivity contribution >= 4 is 0 Å². The Morgan fingerprint density at radius 1 is 0.947 bits per heavy atom. The molecule has 6 nitrogen and oxygen atoms in total. The van der Waals surface area contributed by atoms with Gasteiger partial charge in [0.05, 0.1) is 6.61 Å². The Balaban J connectivity index is 3.66. The maximum Gasteiger partial charge on any atom is 0.146 e. The van der Waals surface area contributed by atoms with E-state index in [2.05, 4.69) is 15.5 Å². The number of unbranched alkanes of at least 4 members (excludes halogenated alkanes) is 1. The lowest BCUT2D eigenvalue weighted by molar-refractivity contribution is -0.0365. The molecule has 6 heteroatoms. The summed E-state index contributed by atoms with van der Waals surface area (Å²) in [7, 11) is 5.33. The van der Waals surface area contributed by atoms with Crippen molar-refractivity contribution in [1.82, 2.24) is 15.5 Å². The van der Waals surface area contributed by atoms with Crippen LogP contribution in [-0.2, 0) is 14.2 Å². The first-order valence-electron chi connectivity index (χ1n) is 6.98. The average molecular weight is 277 g/mol. The second-order valence-electron chi connectivity index (χ2n) is 4.39. The Morgan fingerprint density at radius 3 is 2.47 bits per heavy atom. The van der Waals surface area contributed by atoms with Gasteiger partial charge in [0, 0.05) is 47.1 Å². The van der Waals surface area contributed by atoms with Gasteiger partial charge in [0.2, 0.25) is 0 Å². The SMILES string of the molecule is CNCNCCN(CCCCOC)CCOCOC. The minimum atomic E-state index is 0.371. The lowest BCUT2D eigenvalue weighted by Crippen LogP contribution is -2.37. The molecule has 0 rings (SSSR count). The third kappa shape index (κ3) is 14.0. The van der Waals surface area contributed by atoms with Crippen molar-refractivity contribution in [3.05, 3.63) is 0 Å². The van der Waals surface area contributed by atoms with Crippen molar-refractivity contribution in [3.8, 4) is 0 Å². The summed E-state index contributed by atoms with van der Waals surface area (Å²) < 4.78 is 15.3. The second kappa shape index (κ2) is 15.8. The van der Waals surface area contributed by atoms with Gasteiger partial charge in [-0.1, -0.05) is 0 Å². The second-order valence-corrected chi connectivity index (χ2v) is 4.39. The molecule has 0 atom stereocenters. The monoisotopic (exact) mass is 277 g/mol. The smallest absolute Gasteiger partial charge is 0.146 e. The number of methoxy groups -OCH3 is 2. The number of nitrogens with one attached hydrogen (secondary N) is 2. The third-order valence-corrected chi connectivity index (χ3v) is 2.73. The molecule has 0 aliphatic rings.